The standard InChI is InChI=1S/C10H18N2O3/c1-14-8-6-9(11-7-8)10(13)12-2-4-15-5-3-12/h8-9,11H,2-7H2,1H3/t8-,9-/m1/s1. The molecular weight excluding hydrogens is 196 g/mol. The molecule has 2 saturated heterocycles. The van der Waals surface area contributed by atoms with Crippen LogP contribution in [0.3, 0.4) is 0 Å². The molecule has 2 atom stereocenters. The van der Waals surface area contributed by atoms with Crippen molar-refractivity contribution in [2.24, 2.45) is 0 Å². The third-order valence-corrected chi connectivity index (χ3v) is 3.04. The first kappa shape index (κ1) is 10.9. The van der Waals surface area contributed by atoms with Crippen LogP contribution in [0.4, 0.5) is 0 Å². The van der Waals surface area contributed by atoms with Crippen LogP contribution in [-0.2, 0) is 14.3 Å². The van der Waals surface area contributed by atoms with Crippen LogP contribution in [0, 0.1) is 0 Å². The van der Waals surface area contributed by atoms with E-state index in [0.29, 0.717) is 26.3 Å². The Hall–Kier alpha value is -0.650. The van der Waals surface area contributed by atoms with E-state index in [0.717, 1.165) is 13.0 Å². The molecule has 2 heterocycles. The highest BCUT2D eigenvalue weighted by Gasteiger charge is 2.32. The zero-order valence-corrected chi connectivity index (χ0v) is 9.07. The number of nitrogens with one attached hydrogen (secondary N) is 1. The minimum absolute atomic E-state index is 0.0620. The van der Waals surface area contributed by atoms with Crippen molar-refractivity contribution in [2.75, 3.05) is 40.0 Å². The van der Waals surface area contributed by atoms with E-state index in [1.54, 1.807) is 7.11 Å². The van der Waals surface area contributed by atoms with Crippen molar-refractivity contribution in [2.45, 2.75) is 18.6 Å². The van der Waals surface area contributed by atoms with E-state index in [1.165, 1.54) is 0 Å². The summed E-state index contributed by atoms with van der Waals surface area (Å²) in [6, 6.07) is -0.0620. The number of methoxy groups -OCH3 is 1. The average molecular weight is 214 g/mol. The number of hydrogen-bond acceptors (Lipinski definition) is 4. The smallest absolute Gasteiger partial charge is 0.239 e. The lowest BCUT2D eigenvalue weighted by Crippen LogP contribution is -2.48. The molecule has 2 fully saturated rings. The highest BCUT2D eigenvalue weighted by Crippen LogP contribution is 2.12. The van der Waals surface area contributed by atoms with E-state index in [4.69, 9.17) is 9.47 Å². The molecule has 0 spiro atoms. The summed E-state index contributed by atoms with van der Waals surface area (Å²) < 4.78 is 10.4. The Morgan fingerprint density at radius 3 is 2.80 bits per heavy atom. The van der Waals surface area contributed by atoms with Crippen molar-refractivity contribution in [1.29, 1.82) is 0 Å². The van der Waals surface area contributed by atoms with Gasteiger partial charge in [-0.15, -0.1) is 0 Å². The van der Waals surface area contributed by atoms with Gasteiger partial charge in [-0.1, -0.05) is 0 Å². The molecule has 0 aromatic rings. The molecule has 0 unspecified atom stereocenters. The largest absolute Gasteiger partial charge is 0.380 e. The molecule has 2 rings (SSSR count). The van der Waals surface area contributed by atoms with E-state index < -0.39 is 0 Å². The minimum atomic E-state index is -0.0620. The molecule has 5 heteroatoms. The highest BCUT2D eigenvalue weighted by atomic mass is 16.5. The van der Waals surface area contributed by atoms with Gasteiger partial charge in [0.2, 0.25) is 5.91 Å². The zero-order valence-electron chi connectivity index (χ0n) is 9.07. The third-order valence-electron chi connectivity index (χ3n) is 3.04. The van der Waals surface area contributed by atoms with Crippen molar-refractivity contribution in [1.82, 2.24) is 10.2 Å². The van der Waals surface area contributed by atoms with E-state index in [9.17, 15) is 4.79 Å². The van der Waals surface area contributed by atoms with E-state index >= 15 is 0 Å². The molecule has 15 heavy (non-hydrogen) atoms. The number of carbonyl (C=O) groups excluding carboxylic acids is 1. The van der Waals surface area contributed by atoms with Gasteiger partial charge in [0.15, 0.2) is 0 Å². The van der Waals surface area contributed by atoms with Crippen molar-refractivity contribution in [3.8, 4) is 0 Å². The Balaban J connectivity index is 1.85. The molecule has 0 bridgehead atoms. The summed E-state index contributed by atoms with van der Waals surface area (Å²) in [7, 11) is 1.69. The summed E-state index contributed by atoms with van der Waals surface area (Å²) in [5.41, 5.74) is 0. The van der Waals surface area contributed by atoms with Gasteiger partial charge in [-0.2, -0.15) is 0 Å². The van der Waals surface area contributed by atoms with Crippen LogP contribution >= 0.6 is 0 Å². The number of ether oxygens (including phenoxy) is 2. The van der Waals surface area contributed by atoms with Crippen LogP contribution in [0.15, 0.2) is 0 Å². The number of amides is 1. The van der Waals surface area contributed by atoms with Crippen LogP contribution in [-0.4, -0.2) is 62.9 Å². The maximum atomic E-state index is 12.0. The van der Waals surface area contributed by atoms with E-state index in [2.05, 4.69) is 5.32 Å². The molecule has 0 aromatic heterocycles. The number of carbonyl (C=O) groups is 1. The van der Waals surface area contributed by atoms with Gasteiger partial charge in [-0.25, -0.2) is 0 Å². The molecule has 0 radical (unpaired) electrons. The monoisotopic (exact) mass is 214 g/mol. The Morgan fingerprint density at radius 1 is 1.47 bits per heavy atom. The summed E-state index contributed by atoms with van der Waals surface area (Å²) >= 11 is 0. The van der Waals surface area contributed by atoms with Crippen LogP contribution in [0.1, 0.15) is 6.42 Å². The molecule has 0 saturated carbocycles. The van der Waals surface area contributed by atoms with Crippen molar-refractivity contribution >= 4 is 5.91 Å². The fourth-order valence-corrected chi connectivity index (χ4v) is 2.08. The fourth-order valence-electron chi connectivity index (χ4n) is 2.08. The van der Waals surface area contributed by atoms with Gasteiger partial charge in [0.05, 0.1) is 25.4 Å². The maximum Gasteiger partial charge on any atom is 0.239 e. The van der Waals surface area contributed by atoms with E-state index in [1.807, 2.05) is 4.90 Å². The first-order chi connectivity index (χ1) is 7.31. The predicted molar refractivity (Wildman–Crippen MR) is 54.6 cm³/mol. The van der Waals surface area contributed by atoms with E-state index in [-0.39, 0.29) is 18.1 Å². The number of morpholine rings is 1. The van der Waals surface area contributed by atoms with Gasteiger partial charge < -0.3 is 19.7 Å². The fraction of sp³-hybridized carbons (Fsp3) is 0.900. The SMILES string of the molecule is CO[C@H]1CN[C@@H](C(=O)N2CCOCC2)C1. The molecule has 1 N–H and O–H groups in total. The van der Waals surface area contributed by atoms with Crippen LogP contribution in [0.5, 0.6) is 0 Å². The van der Waals surface area contributed by atoms with Crippen LogP contribution in [0.2, 0.25) is 0 Å². The van der Waals surface area contributed by atoms with Gasteiger partial charge >= 0.3 is 0 Å². The van der Waals surface area contributed by atoms with Crippen molar-refractivity contribution < 1.29 is 14.3 Å². The lowest BCUT2D eigenvalue weighted by Gasteiger charge is -2.29. The van der Waals surface area contributed by atoms with Gasteiger partial charge in [-0.3, -0.25) is 4.79 Å². The summed E-state index contributed by atoms with van der Waals surface area (Å²) in [6.45, 7) is 3.53. The summed E-state index contributed by atoms with van der Waals surface area (Å²) in [4.78, 5) is 13.9. The molecule has 0 aliphatic carbocycles. The van der Waals surface area contributed by atoms with Gasteiger partial charge in [0.1, 0.15) is 0 Å². The Bertz CT molecular complexity index is 229. The van der Waals surface area contributed by atoms with Gasteiger partial charge in [0, 0.05) is 26.7 Å². The number of rotatable bonds is 2. The molecule has 5 nitrogen and oxygen atoms in total. The van der Waals surface area contributed by atoms with Crippen molar-refractivity contribution in [3.05, 3.63) is 0 Å². The Kier molecular flexibility index (Phi) is 3.56. The zero-order chi connectivity index (χ0) is 10.7. The topological polar surface area (TPSA) is 50.8 Å². The minimum Gasteiger partial charge on any atom is -0.380 e. The normalized spacial score (nSPS) is 31.9. The lowest BCUT2D eigenvalue weighted by atomic mass is 10.1. The quantitative estimate of drug-likeness (QED) is 0.655. The molecule has 86 valence electrons. The molecule has 1 amide bonds. The van der Waals surface area contributed by atoms with Gasteiger partial charge in [-0.05, 0) is 6.42 Å². The molecule has 2 aliphatic rings. The second-order valence-corrected chi connectivity index (χ2v) is 3.99. The first-order valence-electron chi connectivity index (χ1n) is 5.44. The summed E-state index contributed by atoms with van der Waals surface area (Å²) in [5, 5.41) is 3.20. The Labute approximate surface area is 89.7 Å². The van der Waals surface area contributed by atoms with Crippen LogP contribution < -0.4 is 5.32 Å². The number of nitrogens with zero attached hydrogens (tertiary/aromatic N) is 1. The Morgan fingerprint density at radius 2 is 2.20 bits per heavy atom. The molecular formula is C10H18N2O3. The lowest BCUT2D eigenvalue weighted by molar-refractivity contribution is -0.137. The number of hydrogen-bond donors (Lipinski definition) is 1. The first-order valence-corrected chi connectivity index (χ1v) is 5.44. The van der Waals surface area contributed by atoms with Gasteiger partial charge in [0.25, 0.3) is 0 Å². The van der Waals surface area contributed by atoms with Crippen molar-refractivity contribution in [3.63, 3.8) is 0 Å². The third kappa shape index (κ3) is 2.48. The maximum absolute atomic E-state index is 12.0. The average Bonchev–Trinajstić information content (AvgIpc) is 2.78. The highest BCUT2D eigenvalue weighted by molar-refractivity contribution is 5.82. The molecule has 0 aromatic carbocycles. The van der Waals surface area contributed by atoms with Crippen LogP contribution in [0.25, 0.3) is 0 Å². The summed E-state index contributed by atoms with van der Waals surface area (Å²) in [5.74, 6) is 0.192. The predicted octanol–water partition coefficient (Wildman–Crippen LogP) is -0.778. The second kappa shape index (κ2) is 4.92. The molecule has 2 aliphatic heterocycles. The summed E-state index contributed by atoms with van der Waals surface area (Å²) in [6.07, 6.45) is 0.965. The second-order valence-electron chi connectivity index (χ2n) is 3.99.